The van der Waals surface area contributed by atoms with Crippen molar-refractivity contribution in [1.29, 1.82) is 0 Å². The minimum Gasteiger partial charge on any atom is -0.481 e. The SMILES string of the molecule is CCCC/C=C\CCCCCCCCC(=O)OC(CCCCCCCCCC)CCCCCCC(=O)O. The van der Waals surface area contributed by atoms with Crippen LogP contribution in [0.3, 0.4) is 0 Å². The molecule has 0 rings (SSSR count). The van der Waals surface area contributed by atoms with Crippen LogP contribution in [0, 0.1) is 0 Å². The predicted octanol–water partition coefficient (Wildman–Crippen LogP) is 10.7. The average Bonchev–Trinajstić information content (AvgIpc) is 2.87. The van der Waals surface area contributed by atoms with Crippen LogP contribution in [0.2, 0.25) is 0 Å². The molecule has 0 aliphatic heterocycles. The highest BCUT2D eigenvalue weighted by Crippen LogP contribution is 2.18. The van der Waals surface area contributed by atoms with Gasteiger partial charge >= 0.3 is 11.9 Å². The third-order valence-electron chi connectivity index (χ3n) is 7.24. The Hall–Kier alpha value is -1.32. The first-order valence-corrected chi connectivity index (χ1v) is 16.2. The van der Waals surface area contributed by atoms with E-state index in [1.165, 1.54) is 96.3 Å². The molecule has 0 radical (unpaired) electrons. The Morgan fingerprint density at radius 1 is 0.568 bits per heavy atom. The molecule has 0 aromatic rings. The molecule has 1 unspecified atom stereocenters. The van der Waals surface area contributed by atoms with Gasteiger partial charge in [-0.3, -0.25) is 9.59 Å². The van der Waals surface area contributed by atoms with Crippen molar-refractivity contribution in [2.45, 2.75) is 187 Å². The Labute approximate surface area is 230 Å². The Morgan fingerprint density at radius 3 is 1.54 bits per heavy atom. The van der Waals surface area contributed by atoms with Crippen LogP contribution >= 0.6 is 0 Å². The fourth-order valence-corrected chi connectivity index (χ4v) is 4.81. The average molecular weight is 523 g/mol. The molecule has 0 heterocycles. The maximum atomic E-state index is 12.5. The van der Waals surface area contributed by atoms with Crippen LogP contribution in [0.5, 0.6) is 0 Å². The molecule has 218 valence electrons. The van der Waals surface area contributed by atoms with Gasteiger partial charge in [0.25, 0.3) is 0 Å². The third-order valence-corrected chi connectivity index (χ3v) is 7.24. The number of unbranched alkanes of at least 4 members (excludes halogenated alkanes) is 18. The molecule has 0 fully saturated rings. The minimum absolute atomic E-state index is 0.0207. The number of aliphatic carboxylic acids is 1. The Bertz CT molecular complexity index is 528. The molecule has 0 saturated heterocycles. The number of carbonyl (C=O) groups excluding carboxylic acids is 1. The largest absolute Gasteiger partial charge is 0.481 e. The lowest BCUT2D eigenvalue weighted by Gasteiger charge is -2.18. The fourth-order valence-electron chi connectivity index (χ4n) is 4.81. The summed E-state index contributed by atoms with van der Waals surface area (Å²) in [6.45, 7) is 4.49. The molecule has 0 aromatic heterocycles. The number of hydrogen-bond donors (Lipinski definition) is 1. The van der Waals surface area contributed by atoms with Crippen LogP contribution in [0.1, 0.15) is 181 Å². The van der Waals surface area contributed by atoms with Crippen molar-refractivity contribution in [2.24, 2.45) is 0 Å². The van der Waals surface area contributed by atoms with Gasteiger partial charge in [0.1, 0.15) is 6.10 Å². The summed E-state index contributed by atoms with van der Waals surface area (Å²) in [5.74, 6) is -0.732. The number of allylic oxidation sites excluding steroid dienone is 2. The van der Waals surface area contributed by atoms with Crippen LogP contribution in [-0.2, 0) is 14.3 Å². The Morgan fingerprint density at radius 2 is 1.00 bits per heavy atom. The summed E-state index contributed by atoms with van der Waals surface area (Å²) in [6, 6.07) is 0. The van der Waals surface area contributed by atoms with E-state index in [9.17, 15) is 9.59 Å². The van der Waals surface area contributed by atoms with Crippen LogP contribution < -0.4 is 0 Å². The molecule has 37 heavy (non-hydrogen) atoms. The lowest BCUT2D eigenvalue weighted by Crippen LogP contribution is -2.18. The lowest BCUT2D eigenvalue weighted by atomic mass is 10.0. The zero-order valence-corrected chi connectivity index (χ0v) is 24.8. The Balaban J connectivity index is 4.00. The van der Waals surface area contributed by atoms with Crippen molar-refractivity contribution in [2.75, 3.05) is 0 Å². The second-order valence-electron chi connectivity index (χ2n) is 11.0. The number of carboxylic acid groups (broad SMARTS) is 1. The third kappa shape index (κ3) is 29.1. The van der Waals surface area contributed by atoms with E-state index >= 15 is 0 Å². The zero-order chi connectivity index (χ0) is 27.2. The number of carboxylic acids is 1. The van der Waals surface area contributed by atoms with Crippen LogP contribution in [-0.4, -0.2) is 23.1 Å². The topological polar surface area (TPSA) is 63.6 Å². The molecule has 4 heteroatoms. The van der Waals surface area contributed by atoms with Crippen LogP contribution in [0.4, 0.5) is 0 Å². The van der Waals surface area contributed by atoms with Gasteiger partial charge in [0.15, 0.2) is 0 Å². The van der Waals surface area contributed by atoms with Crippen molar-refractivity contribution in [3.05, 3.63) is 12.2 Å². The van der Waals surface area contributed by atoms with Gasteiger partial charge in [-0.15, -0.1) is 0 Å². The quantitative estimate of drug-likeness (QED) is 0.0602. The fraction of sp³-hybridized carbons (Fsp3) is 0.879. The van der Waals surface area contributed by atoms with Gasteiger partial charge in [0.2, 0.25) is 0 Å². The van der Waals surface area contributed by atoms with E-state index in [1.54, 1.807) is 0 Å². The second-order valence-corrected chi connectivity index (χ2v) is 11.0. The molecular formula is C33H62O4. The highest BCUT2D eigenvalue weighted by atomic mass is 16.5. The molecule has 0 spiro atoms. The van der Waals surface area contributed by atoms with Gasteiger partial charge in [-0.1, -0.05) is 122 Å². The van der Waals surface area contributed by atoms with Crippen molar-refractivity contribution in [3.8, 4) is 0 Å². The van der Waals surface area contributed by atoms with E-state index in [1.807, 2.05) is 0 Å². The van der Waals surface area contributed by atoms with E-state index in [0.717, 1.165) is 57.8 Å². The van der Waals surface area contributed by atoms with Gasteiger partial charge < -0.3 is 9.84 Å². The van der Waals surface area contributed by atoms with Gasteiger partial charge in [0, 0.05) is 12.8 Å². The second kappa shape index (κ2) is 29.2. The monoisotopic (exact) mass is 522 g/mol. The van der Waals surface area contributed by atoms with E-state index in [4.69, 9.17) is 9.84 Å². The van der Waals surface area contributed by atoms with Gasteiger partial charge in [-0.25, -0.2) is 0 Å². The Kier molecular flexibility index (Phi) is 28.2. The first kappa shape index (κ1) is 35.7. The summed E-state index contributed by atoms with van der Waals surface area (Å²) in [7, 11) is 0. The molecule has 0 bridgehead atoms. The maximum Gasteiger partial charge on any atom is 0.306 e. The number of rotatable bonds is 29. The van der Waals surface area contributed by atoms with Crippen molar-refractivity contribution in [1.82, 2.24) is 0 Å². The van der Waals surface area contributed by atoms with E-state index in [2.05, 4.69) is 26.0 Å². The highest BCUT2D eigenvalue weighted by Gasteiger charge is 2.14. The molecule has 0 aliphatic carbocycles. The predicted molar refractivity (Wildman–Crippen MR) is 158 cm³/mol. The summed E-state index contributed by atoms with van der Waals surface area (Å²) < 4.78 is 5.91. The summed E-state index contributed by atoms with van der Waals surface area (Å²) in [6.07, 6.45) is 33.6. The molecular weight excluding hydrogens is 460 g/mol. The molecule has 0 amide bonds. The number of esters is 1. The maximum absolute atomic E-state index is 12.5. The first-order chi connectivity index (χ1) is 18.1. The summed E-state index contributed by atoms with van der Waals surface area (Å²) >= 11 is 0. The zero-order valence-electron chi connectivity index (χ0n) is 24.8. The molecule has 1 N–H and O–H groups in total. The normalized spacial score (nSPS) is 12.3. The lowest BCUT2D eigenvalue weighted by molar-refractivity contribution is -0.150. The molecule has 0 aromatic carbocycles. The first-order valence-electron chi connectivity index (χ1n) is 16.2. The minimum atomic E-state index is -0.712. The van der Waals surface area contributed by atoms with Crippen molar-refractivity contribution in [3.63, 3.8) is 0 Å². The van der Waals surface area contributed by atoms with E-state index in [-0.39, 0.29) is 18.5 Å². The summed E-state index contributed by atoms with van der Waals surface area (Å²) in [5, 5.41) is 8.78. The molecule has 1 atom stereocenters. The van der Waals surface area contributed by atoms with Gasteiger partial charge in [-0.05, 0) is 57.8 Å². The molecule has 4 nitrogen and oxygen atoms in total. The van der Waals surface area contributed by atoms with Crippen molar-refractivity contribution < 1.29 is 19.4 Å². The van der Waals surface area contributed by atoms with E-state index in [0.29, 0.717) is 6.42 Å². The number of carbonyl (C=O) groups is 2. The van der Waals surface area contributed by atoms with Crippen molar-refractivity contribution >= 4 is 11.9 Å². The van der Waals surface area contributed by atoms with Crippen LogP contribution in [0.15, 0.2) is 12.2 Å². The van der Waals surface area contributed by atoms with Gasteiger partial charge in [-0.2, -0.15) is 0 Å². The molecule has 0 aliphatic rings. The highest BCUT2D eigenvalue weighted by molar-refractivity contribution is 5.69. The number of ether oxygens (including phenoxy) is 1. The summed E-state index contributed by atoms with van der Waals surface area (Å²) in [5.41, 5.74) is 0. The smallest absolute Gasteiger partial charge is 0.306 e. The van der Waals surface area contributed by atoms with E-state index < -0.39 is 5.97 Å². The standard InChI is InChI=1S/C33H62O4/c1-3-5-7-9-11-13-14-15-16-18-20-26-30-33(36)37-31(28-24-21-22-25-29-32(34)35)27-23-19-17-12-10-8-6-4-2/h9,11,31H,3-8,10,12-30H2,1-2H3,(H,34,35)/b11-9-. The molecule has 0 saturated carbocycles. The van der Waals surface area contributed by atoms with Gasteiger partial charge in [0.05, 0.1) is 0 Å². The summed E-state index contributed by atoms with van der Waals surface area (Å²) in [4.78, 5) is 23.2. The number of hydrogen-bond acceptors (Lipinski definition) is 3. The van der Waals surface area contributed by atoms with Crippen LogP contribution in [0.25, 0.3) is 0 Å².